The third-order valence-electron chi connectivity index (χ3n) is 3.18. The molecule has 0 unspecified atom stereocenters. The Kier molecular flexibility index (Phi) is 4.18. The van der Waals surface area contributed by atoms with Crippen molar-refractivity contribution in [2.75, 3.05) is 13.1 Å². The van der Waals surface area contributed by atoms with Crippen molar-refractivity contribution in [1.29, 1.82) is 0 Å². The zero-order chi connectivity index (χ0) is 12.3. The summed E-state index contributed by atoms with van der Waals surface area (Å²) in [5, 5.41) is 5.34. The van der Waals surface area contributed by atoms with Gasteiger partial charge >= 0.3 is 0 Å². The van der Waals surface area contributed by atoms with Gasteiger partial charge in [-0.2, -0.15) is 0 Å². The lowest BCUT2D eigenvalue weighted by Crippen LogP contribution is -2.39. The van der Waals surface area contributed by atoms with Crippen LogP contribution >= 0.6 is 11.3 Å². The highest BCUT2D eigenvalue weighted by Gasteiger charge is 2.30. The Bertz CT molecular complexity index is 385. The van der Waals surface area contributed by atoms with Gasteiger partial charge in [0.1, 0.15) is 0 Å². The van der Waals surface area contributed by atoms with Crippen molar-refractivity contribution in [2.24, 2.45) is 0 Å². The minimum Gasteiger partial charge on any atom is -0.339 e. The maximum atomic E-state index is 11.9. The van der Waals surface area contributed by atoms with E-state index in [0.717, 1.165) is 13.1 Å². The number of nitrogens with one attached hydrogen (secondary N) is 1. The Hall–Kier alpha value is -0.870. The molecule has 1 aromatic heterocycles. The smallest absolute Gasteiger partial charge is 0.236 e. The number of hydrogen-bond donors (Lipinski definition) is 1. The number of rotatable bonds is 6. The number of amides is 1. The van der Waals surface area contributed by atoms with Gasteiger partial charge in [-0.25, -0.2) is 0 Å². The van der Waals surface area contributed by atoms with Gasteiger partial charge in [0, 0.05) is 24.0 Å². The molecule has 0 spiro atoms. The average Bonchev–Trinajstić information content (AvgIpc) is 3.05. The zero-order valence-electron chi connectivity index (χ0n) is 10.5. The van der Waals surface area contributed by atoms with Gasteiger partial charge in [-0.15, -0.1) is 11.3 Å². The van der Waals surface area contributed by atoms with Crippen LogP contribution in [-0.2, 0) is 11.3 Å². The maximum absolute atomic E-state index is 11.9. The van der Waals surface area contributed by atoms with E-state index < -0.39 is 0 Å². The van der Waals surface area contributed by atoms with Crippen LogP contribution in [0.5, 0.6) is 0 Å². The topological polar surface area (TPSA) is 32.3 Å². The lowest BCUT2D eigenvalue weighted by Gasteiger charge is -2.20. The maximum Gasteiger partial charge on any atom is 0.236 e. The number of carbonyl (C=O) groups is 1. The zero-order valence-corrected chi connectivity index (χ0v) is 11.3. The molecule has 1 N–H and O–H groups in total. The van der Waals surface area contributed by atoms with Gasteiger partial charge in [0.2, 0.25) is 5.91 Å². The van der Waals surface area contributed by atoms with E-state index in [1.807, 2.05) is 4.90 Å². The normalized spacial score (nSPS) is 14.9. The molecule has 4 heteroatoms. The molecule has 0 saturated heterocycles. The Morgan fingerprint density at radius 3 is 2.88 bits per heavy atom. The van der Waals surface area contributed by atoms with Gasteiger partial charge in [-0.1, -0.05) is 0 Å². The molecule has 2 rings (SSSR count). The first kappa shape index (κ1) is 12.6. The lowest BCUT2D eigenvalue weighted by atomic mass is 10.3. The Morgan fingerprint density at radius 2 is 2.35 bits per heavy atom. The van der Waals surface area contributed by atoms with Crippen molar-refractivity contribution in [2.45, 2.75) is 39.3 Å². The molecule has 0 bridgehead atoms. The molecule has 0 radical (unpaired) electrons. The van der Waals surface area contributed by atoms with E-state index in [2.05, 4.69) is 30.6 Å². The number of hydrogen-bond acceptors (Lipinski definition) is 3. The average molecular weight is 252 g/mol. The van der Waals surface area contributed by atoms with E-state index in [9.17, 15) is 4.79 Å². The quantitative estimate of drug-likeness (QED) is 0.841. The molecule has 1 heterocycles. The molecular weight excluding hydrogens is 232 g/mol. The van der Waals surface area contributed by atoms with Gasteiger partial charge in [-0.05, 0) is 43.7 Å². The molecular formula is C13H20N2OS. The summed E-state index contributed by atoms with van der Waals surface area (Å²) >= 11 is 1.75. The van der Waals surface area contributed by atoms with E-state index >= 15 is 0 Å². The van der Waals surface area contributed by atoms with Crippen LogP contribution in [0.15, 0.2) is 11.4 Å². The van der Waals surface area contributed by atoms with Crippen LogP contribution in [0.3, 0.4) is 0 Å². The molecule has 1 amide bonds. The molecule has 0 atom stereocenters. The minimum absolute atomic E-state index is 0.240. The molecule has 94 valence electrons. The van der Waals surface area contributed by atoms with Crippen molar-refractivity contribution in [1.82, 2.24) is 10.2 Å². The van der Waals surface area contributed by atoms with Crippen molar-refractivity contribution in [3.8, 4) is 0 Å². The second-order valence-electron chi connectivity index (χ2n) is 4.54. The summed E-state index contributed by atoms with van der Waals surface area (Å²) < 4.78 is 0. The molecule has 1 saturated carbocycles. The summed E-state index contributed by atoms with van der Waals surface area (Å²) in [4.78, 5) is 15.3. The summed E-state index contributed by atoms with van der Waals surface area (Å²) in [6, 6.07) is 2.64. The van der Waals surface area contributed by atoms with Crippen LogP contribution in [0.25, 0.3) is 0 Å². The van der Waals surface area contributed by atoms with Crippen LogP contribution in [-0.4, -0.2) is 29.9 Å². The predicted molar refractivity (Wildman–Crippen MR) is 71.2 cm³/mol. The highest BCUT2D eigenvalue weighted by atomic mass is 32.1. The SMILES string of the molecule is CCN(C(=O)CNCc1sccc1C)C1CC1. The fourth-order valence-electron chi connectivity index (χ4n) is 1.99. The summed E-state index contributed by atoms with van der Waals surface area (Å²) in [7, 11) is 0. The first-order valence-electron chi connectivity index (χ1n) is 6.25. The van der Waals surface area contributed by atoms with E-state index in [4.69, 9.17) is 0 Å². The highest BCUT2D eigenvalue weighted by molar-refractivity contribution is 7.10. The number of aryl methyl sites for hydroxylation is 1. The second-order valence-corrected chi connectivity index (χ2v) is 5.54. The Balaban J connectivity index is 1.74. The van der Waals surface area contributed by atoms with Gasteiger partial charge in [0.25, 0.3) is 0 Å². The molecule has 17 heavy (non-hydrogen) atoms. The Labute approximate surface area is 107 Å². The van der Waals surface area contributed by atoms with Crippen LogP contribution in [0, 0.1) is 6.92 Å². The lowest BCUT2D eigenvalue weighted by molar-refractivity contribution is -0.130. The highest BCUT2D eigenvalue weighted by Crippen LogP contribution is 2.26. The molecule has 1 aromatic rings. The van der Waals surface area contributed by atoms with E-state index in [1.54, 1.807) is 11.3 Å². The molecule has 3 nitrogen and oxygen atoms in total. The van der Waals surface area contributed by atoms with Gasteiger partial charge < -0.3 is 10.2 Å². The fourth-order valence-corrected chi connectivity index (χ4v) is 2.87. The molecule has 1 fully saturated rings. The van der Waals surface area contributed by atoms with E-state index in [-0.39, 0.29) is 5.91 Å². The number of carbonyl (C=O) groups excluding carboxylic acids is 1. The van der Waals surface area contributed by atoms with Gasteiger partial charge in [0.05, 0.1) is 6.54 Å². The number of likely N-dealkylation sites (N-methyl/N-ethyl adjacent to an activating group) is 1. The van der Waals surface area contributed by atoms with Gasteiger partial charge in [-0.3, -0.25) is 4.79 Å². The third kappa shape index (κ3) is 3.30. The summed E-state index contributed by atoms with van der Waals surface area (Å²) in [6.45, 7) is 6.26. The van der Waals surface area contributed by atoms with Crippen molar-refractivity contribution in [3.63, 3.8) is 0 Å². The van der Waals surface area contributed by atoms with Crippen LogP contribution in [0.1, 0.15) is 30.2 Å². The van der Waals surface area contributed by atoms with Crippen LogP contribution in [0.4, 0.5) is 0 Å². The van der Waals surface area contributed by atoms with Crippen LogP contribution < -0.4 is 5.32 Å². The fraction of sp³-hybridized carbons (Fsp3) is 0.615. The number of nitrogens with zero attached hydrogens (tertiary/aromatic N) is 1. The molecule has 0 aliphatic heterocycles. The Morgan fingerprint density at radius 1 is 1.59 bits per heavy atom. The number of thiophene rings is 1. The largest absolute Gasteiger partial charge is 0.339 e. The minimum atomic E-state index is 0.240. The monoisotopic (exact) mass is 252 g/mol. The van der Waals surface area contributed by atoms with E-state index in [1.165, 1.54) is 23.3 Å². The first-order valence-corrected chi connectivity index (χ1v) is 7.13. The predicted octanol–water partition coefficient (Wildman–Crippen LogP) is 2.16. The first-order chi connectivity index (χ1) is 8.22. The summed E-state index contributed by atoms with van der Waals surface area (Å²) in [5.74, 6) is 0.240. The van der Waals surface area contributed by atoms with Gasteiger partial charge in [0.15, 0.2) is 0 Å². The van der Waals surface area contributed by atoms with Crippen LogP contribution in [0.2, 0.25) is 0 Å². The van der Waals surface area contributed by atoms with Crippen molar-refractivity contribution in [3.05, 3.63) is 21.9 Å². The second kappa shape index (κ2) is 5.65. The van der Waals surface area contributed by atoms with Crippen molar-refractivity contribution < 1.29 is 4.79 Å². The molecule has 0 aromatic carbocycles. The summed E-state index contributed by atoms with van der Waals surface area (Å²) in [6.07, 6.45) is 2.37. The molecule has 1 aliphatic rings. The van der Waals surface area contributed by atoms with E-state index in [0.29, 0.717) is 12.6 Å². The summed E-state index contributed by atoms with van der Waals surface area (Å²) in [5.41, 5.74) is 1.31. The standard InChI is InChI=1S/C13H20N2OS/c1-3-15(11-4-5-11)13(16)9-14-8-12-10(2)6-7-17-12/h6-7,11,14H,3-5,8-9H2,1-2H3. The third-order valence-corrected chi connectivity index (χ3v) is 4.20. The van der Waals surface area contributed by atoms with Crippen molar-refractivity contribution >= 4 is 17.2 Å². The molecule has 1 aliphatic carbocycles.